The Balaban J connectivity index is 1.27. The molecular weight excluding hydrogens is 396 g/mol. The molecule has 0 atom stereocenters. The summed E-state index contributed by atoms with van der Waals surface area (Å²) in [6.07, 6.45) is 14.5. The lowest BCUT2D eigenvalue weighted by Crippen LogP contribution is -2.10. The van der Waals surface area contributed by atoms with Crippen molar-refractivity contribution in [1.29, 1.82) is 0 Å². The molecule has 0 saturated heterocycles. The molecule has 1 aliphatic carbocycles. The molecule has 0 saturated carbocycles. The van der Waals surface area contributed by atoms with Crippen LogP contribution in [0, 0.1) is 0 Å². The van der Waals surface area contributed by atoms with E-state index in [1.165, 1.54) is 6.26 Å². The Morgan fingerprint density at radius 1 is 1.13 bits per heavy atom. The minimum Gasteiger partial charge on any atom is -0.463 e. The molecule has 0 fully saturated rings. The highest BCUT2D eigenvalue weighted by Gasteiger charge is 2.18. The number of hydrogen-bond donors (Lipinski definition) is 3. The van der Waals surface area contributed by atoms with Gasteiger partial charge in [-0.2, -0.15) is 0 Å². The Labute approximate surface area is 178 Å². The topological polar surface area (TPSA) is 110 Å². The smallest absolute Gasteiger partial charge is 0.322 e. The van der Waals surface area contributed by atoms with Gasteiger partial charge in [0.2, 0.25) is 5.88 Å². The third kappa shape index (κ3) is 4.35. The Morgan fingerprint density at radius 3 is 2.97 bits per heavy atom. The molecule has 2 aromatic heterocycles. The molecule has 3 aromatic rings. The molecule has 3 heterocycles. The van der Waals surface area contributed by atoms with Gasteiger partial charge in [0.25, 0.3) is 5.89 Å². The molecule has 1 aromatic carbocycles. The molecule has 31 heavy (non-hydrogen) atoms. The monoisotopic (exact) mass is 416 g/mol. The summed E-state index contributed by atoms with van der Waals surface area (Å²) in [6, 6.07) is 7.90. The van der Waals surface area contributed by atoms with Gasteiger partial charge in [0.15, 0.2) is 12.0 Å². The maximum Gasteiger partial charge on any atom is 0.322 e. The van der Waals surface area contributed by atoms with Crippen molar-refractivity contribution >= 4 is 11.7 Å². The van der Waals surface area contributed by atoms with E-state index in [1.54, 1.807) is 18.7 Å². The van der Waals surface area contributed by atoms with E-state index in [-0.39, 0.29) is 6.01 Å². The lowest BCUT2D eigenvalue weighted by atomic mass is 10.0. The number of allylic oxidation sites excluding steroid dienone is 4. The van der Waals surface area contributed by atoms with Gasteiger partial charge in [0.05, 0.1) is 12.1 Å². The number of rotatable bonds is 7. The molecule has 3 N–H and O–H groups in total. The summed E-state index contributed by atoms with van der Waals surface area (Å²) in [7, 11) is 0. The van der Waals surface area contributed by atoms with Gasteiger partial charge in [-0.05, 0) is 30.5 Å². The number of ether oxygens (including phenoxy) is 2. The summed E-state index contributed by atoms with van der Waals surface area (Å²) in [4.78, 5) is 7.28. The van der Waals surface area contributed by atoms with E-state index in [2.05, 4.69) is 36.9 Å². The van der Waals surface area contributed by atoms with E-state index in [9.17, 15) is 0 Å². The van der Waals surface area contributed by atoms with Crippen molar-refractivity contribution in [2.24, 2.45) is 0 Å². The number of H-pyrrole nitrogens is 1. The number of aromatic nitrogens is 4. The van der Waals surface area contributed by atoms with Crippen LogP contribution in [0.15, 0.2) is 89.0 Å². The third-order valence-electron chi connectivity index (χ3n) is 4.71. The number of para-hydroxylation sites is 1. The minimum absolute atomic E-state index is 0.199. The molecule has 5 rings (SSSR count). The zero-order chi connectivity index (χ0) is 20.9. The normalized spacial score (nSPS) is 15.3. The van der Waals surface area contributed by atoms with Gasteiger partial charge in [-0.15, -0.1) is 5.10 Å². The van der Waals surface area contributed by atoms with Crippen LogP contribution in [0.3, 0.4) is 0 Å². The lowest BCUT2D eigenvalue weighted by Gasteiger charge is -2.18. The fourth-order valence-electron chi connectivity index (χ4n) is 3.21. The van der Waals surface area contributed by atoms with Crippen LogP contribution in [-0.4, -0.2) is 20.2 Å². The van der Waals surface area contributed by atoms with E-state index in [0.29, 0.717) is 24.1 Å². The molecule has 0 unspecified atom stereocenters. The van der Waals surface area contributed by atoms with Crippen molar-refractivity contribution in [3.8, 4) is 11.5 Å². The quantitative estimate of drug-likeness (QED) is 0.518. The van der Waals surface area contributed by atoms with E-state index < -0.39 is 0 Å². The first-order valence-corrected chi connectivity index (χ1v) is 9.87. The second kappa shape index (κ2) is 8.62. The van der Waals surface area contributed by atoms with Gasteiger partial charge in [0.1, 0.15) is 12.1 Å². The highest BCUT2D eigenvalue weighted by Crippen LogP contribution is 2.30. The van der Waals surface area contributed by atoms with E-state index in [1.807, 2.05) is 36.4 Å². The van der Waals surface area contributed by atoms with Crippen molar-refractivity contribution < 1.29 is 13.9 Å². The largest absolute Gasteiger partial charge is 0.463 e. The Morgan fingerprint density at radius 2 is 2.10 bits per heavy atom. The maximum atomic E-state index is 5.88. The molecule has 156 valence electrons. The number of imidazole rings is 1. The molecule has 0 bridgehead atoms. The van der Waals surface area contributed by atoms with Crippen LogP contribution in [0.25, 0.3) is 11.5 Å². The first kappa shape index (κ1) is 18.7. The molecule has 0 radical (unpaired) electrons. The number of nitrogens with one attached hydrogen (secondary N) is 3. The standard InChI is InChI=1S/C22H20N6O3/c1-2-6-15(7-3-1)18-13-29-14-20(30-18)26-22-28-27-21(31-22)16-8-4-5-9-17(16)25-12-19-23-10-11-24-19/h1-2,4-6,8-11,13-14,25H,3,7,12H2,(H,23,24)(H,26,28). The Bertz CT molecular complexity index is 1170. The molecule has 0 amide bonds. The van der Waals surface area contributed by atoms with Gasteiger partial charge >= 0.3 is 6.01 Å². The predicted molar refractivity (Wildman–Crippen MR) is 114 cm³/mol. The van der Waals surface area contributed by atoms with Gasteiger partial charge in [0, 0.05) is 18.1 Å². The zero-order valence-electron chi connectivity index (χ0n) is 16.5. The van der Waals surface area contributed by atoms with Crippen LogP contribution in [0.2, 0.25) is 0 Å². The fraction of sp³-hybridized carbons (Fsp3) is 0.136. The van der Waals surface area contributed by atoms with Crippen molar-refractivity contribution in [1.82, 2.24) is 20.2 Å². The van der Waals surface area contributed by atoms with Crippen molar-refractivity contribution in [2.75, 3.05) is 10.6 Å². The second-order valence-electron chi connectivity index (χ2n) is 6.83. The minimum atomic E-state index is 0.199. The molecule has 9 heteroatoms. The highest BCUT2D eigenvalue weighted by molar-refractivity contribution is 5.72. The van der Waals surface area contributed by atoms with Crippen LogP contribution < -0.4 is 10.6 Å². The van der Waals surface area contributed by atoms with Crippen molar-refractivity contribution in [2.45, 2.75) is 19.4 Å². The Hall–Kier alpha value is -4.27. The van der Waals surface area contributed by atoms with Gasteiger partial charge in [-0.1, -0.05) is 35.5 Å². The van der Waals surface area contributed by atoms with Crippen molar-refractivity contribution in [3.05, 3.63) is 90.5 Å². The molecule has 1 aliphatic heterocycles. The highest BCUT2D eigenvalue weighted by atomic mass is 16.6. The van der Waals surface area contributed by atoms with Crippen LogP contribution in [0.1, 0.15) is 18.7 Å². The van der Waals surface area contributed by atoms with Crippen LogP contribution in [-0.2, 0) is 16.0 Å². The predicted octanol–water partition coefficient (Wildman–Crippen LogP) is 4.45. The summed E-state index contributed by atoms with van der Waals surface area (Å²) in [5.41, 5.74) is 2.70. The molecule has 2 aliphatic rings. The third-order valence-corrected chi connectivity index (χ3v) is 4.71. The number of aromatic amines is 1. The molecular formula is C22H20N6O3. The summed E-state index contributed by atoms with van der Waals surface area (Å²) < 4.78 is 17.1. The lowest BCUT2D eigenvalue weighted by molar-refractivity contribution is 0.232. The summed E-state index contributed by atoms with van der Waals surface area (Å²) in [5.74, 6) is 2.23. The first-order valence-electron chi connectivity index (χ1n) is 9.87. The van der Waals surface area contributed by atoms with Crippen LogP contribution in [0.4, 0.5) is 11.7 Å². The molecule has 9 nitrogen and oxygen atoms in total. The number of nitrogens with zero attached hydrogens (tertiary/aromatic N) is 3. The first-order chi connectivity index (χ1) is 15.3. The Kier molecular flexibility index (Phi) is 5.21. The van der Waals surface area contributed by atoms with Gasteiger partial charge < -0.3 is 24.2 Å². The number of anilines is 2. The number of hydrogen-bond acceptors (Lipinski definition) is 8. The average Bonchev–Trinajstić information content (AvgIpc) is 3.51. The van der Waals surface area contributed by atoms with Crippen LogP contribution in [0.5, 0.6) is 0 Å². The van der Waals surface area contributed by atoms with E-state index >= 15 is 0 Å². The maximum absolute atomic E-state index is 5.88. The van der Waals surface area contributed by atoms with Crippen molar-refractivity contribution in [3.63, 3.8) is 0 Å². The summed E-state index contributed by atoms with van der Waals surface area (Å²) in [6.45, 7) is 0.543. The summed E-state index contributed by atoms with van der Waals surface area (Å²) >= 11 is 0. The number of benzene rings is 1. The average molecular weight is 416 g/mol. The van der Waals surface area contributed by atoms with Gasteiger partial charge in [-0.25, -0.2) is 4.98 Å². The van der Waals surface area contributed by atoms with E-state index in [4.69, 9.17) is 13.9 Å². The zero-order valence-corrected chi connectivity index (χ0v) is 16.5. The fourth-order valence-corrected chi connectivity index (χ4v) is 3.21. The van der Waals surface area contributed by atoms with Gasteiger partial charge in [-0.3, -0.25) is 5.32 Å². The summed E-state index contributed by atoms with van der Waals surface area (Å²) in [5, 5.41) is 14.5. The van der Waals surface area contributed by atoms with E-state index in [0.717, 1.165) is 35.5 Å². The second-order valence-corrected chi connectivity index (χ2v) is 6.83. The SMILES string of the molecule is C1=CCCC(C2=COC=C(Nc3nnc(-c4ccccc4NCc4ncc[nH]4)o3)O2)=C1. The van der Waals surface area contributed by atoms with Crippen LogP contribution >= 0.6 is 0 Å². The molecule has 0 spiro atoms.